The van der Waals surface area contributed by atoms with Gasteiger partial charge in [-0.25, -0.2) is 4.98 Å². The molecule has 0 radical (unpaired) electrons. The van der Waals surface area contributed by atoms with Crippen LogP contribution in [0, 0.1) is 12.8 Å². The molecule has 1 unspecified atom stereocenters. The Morgan fingerprint density at radius 1 is 1.31 bits per heavy atom. The van der Waals surface area contributed by atoms with Crippen LogP contribution < -0.4 is 15.5 Å². The predicted octanol–water partition coefficient (Wildman–Crippen LogP) is 4.16. The molecule has 7 heteroatoms. The molecule has 2 heterocycles. The smallest absolute Gasteiger partial charge is 0.232 e. The quantitative estimate of drug-likeness (QED) is 0.604. The van der Waals surface area contributed by atoms with Gasteiger partial charge in [0.15, 0.2) is 5.11 Å². The molecule has 26 heavy (non-hydrogen) atoms. The molecular weight excluding hydrogens is 366 g/mol. The zero-order chi connectivity index (χ0) is 18.5. The van der Waals surface area contributed by atoms with Crippen LogP contribution in [0.25, 0.3) is 0 Å². The van der Waals surface area contributed by atoms with Crippen molar-refractivity contribution in [3.8, 4) is 0 Å². The van der Waals surface area contributed by atoms with Gasteiger partial charge in [0.2, 0.25) is 5.95 Å². The highest BCUT2D eigenvalue weighted by molar-refractivity contribution is 7.80. The normalized spacial score (nSPS) is 17.0. The van der Waals surface area contributed by atoms with Crippen LogP contribution in [0.2, 0.25) is 5.15 Å². The topological polar surface area (TPSA) is 53.1 Å². The van der Waals surface area contributed by atoms with E-state index in [9.17, 15) is 0 Å². The van der Waals surface area contributed by atoms with Crippen molar-refractivity contribution in [2.75, 3.05) is 23.3 Å². The summed E-state index contributed by atoms with van der Waals surface area (Å²) < 4.78 is 0. The first-order valence-electron chi connectivity index (χ1n) is 8.89. The van der Waals surface area contributed by atoms with Crippen molar-refractivity contribution in [2.24, 2.45) is 5.92 Å². The highest BCUT2D eigenvalue weighted by atomic mass is 35.5. The summed E-state index contributed by atoms with van der Waals surface area (Å²) in [5, 5.41) is 7.11. The number of nitrogens with one attached hydrogen (secondary N) is 2. The number of aryl methyl sites for hydroxylation is 1. The van der Waals surface area contributed by atoms with Gasteiger partial charge in [-0.1, -0.05) is 48.4 Å². The largest absolute Gasteiger partial charge is 0.358 e. The summed E-state index contributed by atoms with van der Waals surface area (Å²) >= 11 is 11.6. The number of anilines is 2. The van der Waals surface area contributed by atoms with Gasteiger partial charge in [0.05, 0.1) is 0 Å². The fourth-order valence-electron chi connectivity index (χ4n) is 3.06. The van der Waals surface area contributed by atoms with Crippen molar-refractivity contribution >= 4 is 40.7 Å². The van der Waals surface area contributed by atoms with E-state index in [1.807, 2.05) is 6.07 Å². The molecule has 0 spiro atoms. The third kappa shape index (κ3) is 5.29. The average Bonchev–Trinajstić information content (AvgIpc) is 2.61. The van der Waals surface area contributed by atoms with Crippen LogP contribution >= 0.6 is 23.8 Å². The Labute approximate surface area is 165 Å². The molecule has 1 fully saturated rings. The molecule has 0 amide bonds. The van der Waals surface area contributed by atoms with Gasteiger partial charge in [0, 0.05) is 25.7 Å². The van der Waals surface area contributed by atoms with Crippen LogP contribution in [0.15, 0.2) is 30.3 Å². The van der Waals surface area contributed by atoms with Gasteiger partial charge < -0.3 is 15.5 Å². The lowest BCUT2D eigenvalue weighted by molar-refractivity contribution is 0.444. The van der Waals surface area contributed by atoms with Gasteiger partial charge in [-0.3, -0.25) is 0 Å². The molecule has 5 nitrogen and oxygen atoms in total. The monoisotopic (exact) mass is 389 g/mol. The van der Waals surface area contributed by atoms with Gasteiger partial charge in [-0.2, -0.15) is 4.98 Å². The van der Waals surface area contributed by atoms with Crippen molar-refractivity contribution in [1.82, 2.24) is 15.3 Å². The van der Waals surface area contributed by atoms with Crippen LogP contribution in [0.1, 0.15) is 30.9 Å². The molecule has 0 bridgehead atoms. The first-order valence-corrected chi connectivity index (χ1v) is 9.68. The fourth-order valence-corrected chi connectivity index (χ4v) is 3.40. The second kappa shape index (κ2) is 8.64. The second-order valence-corrected chi connectivity index (χ2v) is 7.65. The maximum atomic E-state index is 6.20. The zero-order valence-corrected chi connectivity index (χ0v) is 16.7. The van der Waals surface area contributed by atoms with E-state index in [1.54, 1.807) is 0 Å². The van der Waals surface area contributed by atoms with E-state index in [0.717, 1.165) is 24.5 Å². The first kappa shape index (κ1) is 18.9. The number of hydrogen-bond donors (Lipinski definition) is 2. The number of piperidine rings is 1. The summed E-state index contributed by atoms with van der Waals surface area (Å²) in [6.45, 7) is 6.96. The number of thiocarbonyl (C=S) groups is 1. The Hall–Kier alpha value is -1.92. The number of hydrogen-bond acceptors (Lipinski definition) is 4. The van der Waals surface area contributed by atoms with Crippen molar-refractivity contribution in [3.63, 3.8) is 0 Å². The van der Waals surface area contributed by atoms with Crippen molar-refractivity contribution in [2.45, 2.75) is 33.2 Å². The van der Waals surface area contributed by atoms with Crippen LogP contribution in [0.5, 0.6) is 0 Å². The zero-order valence-electron chi connectivity index (χ0n) is 15.1. The molecule has 1 aromatic heterocycles. The molecule has 0 saturated carbocycles. The summed E-state index contributed by atoms with van der Waals surface area (Å²) in [5.41, 5.74) is 2.40. The van der Waals surface area contributed by atoms with Crippen LogP contribution in [-0.2, 0) is 6.54 Å². The van der Waals surface area contributed by atoms with E-state index in [1.165, 1.54) is 18.4 Å². The lowest BCUT2D eigenvalue weighted by Crippen LogP contribution is -2.35. The maximum absolute atomic E-state index is 6.20. The van der Waals surface area contributed by atoms with Gasteiger partial charge >= 0.3 is 0 Å². The minimum Gasteiger partial charge on any atom is -0.358 e. The lowest BCUT2D eigenvalue weighted by Gasteiger charge is -2.32. The molecule has 2 N–H and O–H groups in total. The summed E-state index contributed by atoms with van der Waals surface area (Å²) in [6, 6.07) is 10.1. The number of nitrogens with zero attached hydrogens (tertiary/aromatic N) is 3. The Morgan fingerprint density at radius 2 is 2.08 bits per heavy atom. The highest BCUT2D eigenvalue weighted by Crippen LogP contribution is 2.24. The van der Waals surface area contributed by atoms with E-state index in [2.05, 4.69) is 63.6 Å². The van der Waals surface area contributed by atoms with E-state index in [4.69, 9.17) is 23.8 Å². The molecule has 1 atom stereocenters. The first-order chi connectivity index (χ1) is 12.5. The molecule has 3 rings (SSSR count). The molecule has 1 saturated heterocycles. The fraction of sp³-hybridized carbons (Fsp3) is 0.421. The number of aromatic nitrogens is 2. The Kier molecular flexibility index (Phi) is 6.27. The summed E-state index contributed by atoms with van der Waals surface area (Å²) in [5.74, 6) is 1.93. The van der Waals surface area contributed by atoms with Crippen molar-refractivity contribution in [1.29, 1.82) is 0 Å². The minimum absolute atomic E-state index is 0.414. The Balaban J connectivity index is 1.61. The average molecular weight is 390 g/mol. The summed E-state index contributed by atoms with van der Waals surface area (Å²) in [4.78, 5) is 11.1. The summed E-state index contributed by atoms with van der Waals surface area (Å²) in [6.07, 6.45) is 2.43. The van der Waals surface area contributed by atoms with Crippen LogP contribution in [-0.4, -0.2) is 28.2 Å². The third-order valence-corrected chi connectivity index (χ3v) is 4.90. The van der Waals surface area contributed by atoms with Crippen LogP contribution in [0.3, 0.4) is 0 Å². The number of halogens is 1. The minimum atomic E-state index is 0.414. The van der Waals surface area contributed by atoms with E-state index >= 15 is 0 Å². The third-order valence-electron chi connectivity index (χ3n) is 4.46. The van der Waals surface area contributed by atoms with E-state index in [0.29, 0.717) is 28.7 Å². The van der Waals surface area contributed by atoms with Crippen molar-refractivity contribution < 1.29 is 0 Å². The van der Waals surface area contributed by atoms with Crippen molar-refractivity contribution in [3.05, 3.63) is 46.6 Å². The molecule has 138 valence electrons. The van der Waals surface area contributed by atoms with Gasteiger partial charge in [-0.15, -0.1) is 0 Å². The highest BCUT2D eigenvalue weighted by Gasteiger charge is 2.19. The molecule has 1 aliphatic rings. The lowest BCUT2D eigenvalue weighted by atomic mass is 10.0. The standard InChI is InChI=1S/C19H24ClN5S/c1-13-5-7-15(8-6-13)11-21-19(26)24-18-22-16(20)10-17(23-18)25-9-3-4-14(2)12-25/h5-8,10,14H,3-4,9,11-12H2,1-2H3,(H2,21,22,23,24,26). The molecule has 0 aliphatic carbocycles. The Morgan fingerprint density at radius 3 is 2.81 bits per heavy atom. The van der Waals surface area contributed by atoms with Gasteiger partial charge in [0.1, 0.15) is 11.0 Å². The summed E-state index contributed by atoms with van der Waals surface area (Å²) in [7, 11) is 0. The van der Waals surface area contributed by atoms with Gasteiger partial charge in [0.25, 0.3) is 0 Å². The molecule has 2 aromatic rings. The SMILES string of the molecule is Cc1ccc(CNC(=S)Nc2nc(Cl)cc(N3CCCC(C)C3)n2)cc1. The van der Waals surface area contributed by atoms with Gasteiger partial charge in [-0.05, 0) is 43.5 Å². The van der Waals surface area contributed by atoms with E-state index < -0.39 is 0 Å². The molecule has 1 aliphatic heterocycles. The second-order valence-electron chi connectivity index (χ2n) is 6.86. The maximum Gasteiger partial charge on any atom is 0.232 e. The predicted molar refractivity (Wildman–Crippen MR) is 112 cm³/mol. The van der Waals surface area contributed by atoms with E-state index in [-0.39, 0.29) is 0 Å². The number of benzene rings is 1. The Bertz CT molecular complexity index is 765. The molecule has 1 aromatic carbocycles. The molecular formula is C19H24ClN5S. The van der Waals surface area contributed by atoms with Crippen LogP contribution in [0.4, 0.5) is 11.8 Å². The number of rotatable bonds is 4.